The van der Waals surface area contributed by atoms with E-state index in [1.807, 2.05) is 24.3 Å². The van der Waals surface area contributed by atoms with Crippen molar-refractivity contribution in [3.63, 3.8) is 0 Å². The van der Waals surface area contributed by atoms with E-state index in [0.29, 0.717) is 17.5 Å². The van der Waals surface area contributed by atoms with Crippen LogP contribution in [0.4, 0.5) is 5.95 Å². The van der Waals surface area contributed by atoms with Gasteiger partial charge in [0.25, 0.3) is 5.56 Å². The SMILES string of the molecule is O=c1c2c3c(sc2nc(NCCN2CCOCC2)n1-c1cccc(Cl)c1)CCCCC3. The number of benzene rings is 1. The van der Waals surface area contributed by atoms with Gasteiger partial charge in [0.2, 0.25) is 5.95 Å². The highest BCUT2D eigenvalue weighted by atomic mass is 35.5. The molecule has 3 aromatic rings. The van der Waals surface area contributed by atoms with Crippen LogP contribution in [0.1, 0.15) is 29.7 Å². The van der Waals surface area contributed by atoms with Crippen molar-refractivity contribution >= 4 is 39.1 Å². The first kappa shape index (κ1) is 20.9. The van der Waals surface area contributed by atoms with E-state index in [-0.39, 0.29) is 5.56 Å². The van der Waals surface area contributed by atoms with Crippen LogP contribution in [0.2, 0.25) is 5.02 Å². The average Bonchev–Trinajstić information content (AvgIpc) is 2.96. The number of hydrogen-bond donors (Lipinski definition) is 1. The zero-order chi connectivity index (χ0) is 21.2. The molecule has 0 saturated carbocycles. The highest BCUT2D eigenvalue weighted by molar-refractivity contribution is 7.18. The van der Waals surface area contributed by atoms with Crippen LogP contribution in [0.15, 0.2) is 29.1 Å². The van der Waals surface area contributed by atoms with Gasteiger partial charge < -0.3 is 10.1 Å². The van der Waals surface area contributed by atoms with Crippen molar-refractivity contribution in [1.29, 1.82) is 0 Å². The third kappa shape index (κ3) is 4.37. The molecule has 1 saturated heterocycles. The van der Waals surface area contributed by atoms with Gasteiger partial charge in [-0.3, -0.25) is 9.69 Å². The molecule has 2 aromatic heterocycles. The molecule has 0 amide bonds. The van der Waals surface area contributed by atoms with Gasteiger partial charge in [-0.15, -0.1) is 11.3 Å². The maximum Gasteiger partial charge on any atom is 0.268 e. The number of nitrogens with zero attached hydrogens (tertiary/aromatic N) is 3. The second-order valence-corrected chi connectivity index (χ2v) is 9.70. The van der Waals surface area contributed by atoms with Crippen molar-refractivity contribution in [2.24, 2.45) is 0 Å². The van der Waals surface area contributed by atoms with Crippen molar-refractivity contribution < 1.29 is 4.74 Å². The van der Waals surface area contributed by atoms with Crippen molar-refractivity contribution in [1.82, 2.24) is 14.5 Å². The molecule has 8 heteroatoms. The highest BCUT2D eigenvalue weighted by Crippen LogP contribution is 2.34. The summed E-state index contributed by atoms with van der Waals surface area (Å²) in [6.45, 7) is 5.02. The number of halogens is 1. The molecule has 1 aliphatic heterocycles. The number of thiophene rings is 1. The maximum absolute atomic E-state index is 13.8. The molecule has 1 aromatic carbocycles. The van der Waals surface area contributed by atoms with Crippen LogP contribution in [-0.4, -0.2) is 53.8 Å². The normalized spacial score (nSPS) is 17.5. The predicted molar refractivity (Wildman–Crippen MR) is 127 cm³/mol. The molecule has 1 aliphatic carbocycles. The summed E-state index contributed by atoms with van der Waals surface area (Å²) in [6, 6.07) is 7.44. The predicted octanol–water partition coefficient (Wildman–Crippen LogP) is 4.11. The molecule has 31 heavy (non-hydrogen) atoms. The van der Waals surface area contributed by atoms with Crippen LogP contribution < -0.4 is 10.9 Å². The Morgan fingerprint density at radius 3 is 2.84 bits per heavy atom. The summed E-state index contributed by atoms with van der Waals surface area (Å²) in [5.41, 5.74) is 1.96. The lowest BCUT2D eigenvalue weighted by molar-refractivity contribution is 0.0398. The molecular weight excluding hydrogens is 432 g/mol. The molecular formula is C23H27ClN4O2S. The summed E-state index contributed by atoms with van der Waals surface area (Å²) in [5.74, 6) is 0.587. The maximum atomic E-state index is 13.8. The van der Waals surface area contributed by atoms with Crippen LogP contribution in [0.25, 0.3) is 15.9 Å². The Kier molecular flexibility index (Phi) is 6.27. The van der Waals surface area contributed by atoms with E-state index in [4.69, 9.17) is 21.3 Å². The fourth-order valence-corrected chi connectivity index (χ4v) is 5.94. The van der Waals surface area contributed by atoms with Crippen LogP contribution >= 0.6 is 22.9 Å². The molecule has 0 bridgehead atoms. The van der Waals surface area contributed by atoms with E-state index in [2.05, 4.69) is 10.2 Å². The molecule has 1 fully saturated rings. The molecule has 6 nitrogen and oxygen atoms in total. The molecule has 164 valence electrons. The number of anilines is 1. The summed E-state index contributed by atoms with van der Waals surface area (Å²) in [7, 11) is 0. The molecule has 0 spiro atoms. The molecule has 0 radical (unpaired) electrons. The van der Waals surface area contributed by atoms with Crippen molar-refractivity contribution in [2.45, 2.75) is 32.1 Å². The van der Waals surface area contributed by atoms with Crippen LogP contribution in [-0.2, 0) is 17.6 Å². The van der Waals surface area contributed by atoms with Gasteiger partial charge in [-0.2, -0.15) is 0 Å². The standard InChI is InChI=1S/C23H27ClN4O2S/c24-16-5-4-6-17(15-16)28-22(29)20-18-7-2-1-3-8-19(18)31-21(20)26-23(28)25-9-10-27-11-13-30-14-12-27/h4-6,15H,1-3,7-14H2,(H,25,26). The molecule has 1 N–H and O–H groups in total. The summed E-state index contributed by atoms with van der Waals surface area (Å²) in [6.07, 6.45) is 5.56. The number of fused-ring (bicyclic) bond motifs is 3. The number of hydrogen-bond acceptors (Lipinski definition) is 6. The second-order valence-electron chi connectivity index (χ2n) is 8.18. The molecule has 0 unspecified atom stereocenters. The topological polar surface area (TPSA) is 59.4 Å². The highest BCUT2D eigenvalue weighted by Gasteiger charge is 2.22. The number of ether oxygens (including phenoxy) is 1. The minimum Gasteiger partial charge on any atom is -0.379 e. The van der Waals surface area contributed by atoms with Gasteiger partial charge in [0.05, 0.1) is 24.3 Å². The summed E-state index contributed by atoms with van der Waals surface area (Å²) < 4.78 is 7.13. The summed E-state index contributed by atoms with van der Waals surface area (Å²) >= 11 is 7.96. The lowest BCUT2D eigenvalue weighted by Gasteiger charge is -2.26. The summed E-state index contributed by atoms with van der Waals surface area (Å²) in [4.78, 5) is 23.3. The van der Waals surface area contributed by atoms with Crippen LogP contribution in [0, 0.1) is 0 Å². The number of aromatic nitrogens is 2. The number of morpholine rings is 1. The lowest BCUT2D eigenvalue weighted by atomic mass is 10.1. The van der Waals surface area contributed by atoms with E-state index in [1.54, 1.807) is 15.9 Å². The van der Waals surface area contributed by atoms with Gasteiger partial charge in [0, 0.05) is 36.1 Å². The first-order valence-electron chi connectivity index (χ1n) is 11.1. The third-order valence-corrected chi connectivity index (χ3v) is 7.54. The van der Waals surface area contributed by atoms with Gasteiger partial charge in [-0.05, 0) is 49.4 Å². The number of nitrogens with one attached hydrogen (secondary N) is 1. The van der Waals surface area contributed by atoms with Crippen LogP contribution in [0.5, 0.6) is 0 Å². The summed E-state index contributed by atoms with van der Waals surface area (Å²) in [5, 5.41) is 4.83. The van der Waals surface area contributed by atoms with E-state index in [0.717, 1.165) is 68.0 Å². The Morgan fingerprint density at radius 2 is 2.00 bits per heavy atom. The van der Waals surface area contributed by atoms with Gasteiger partial charge in [-0.25, -0.2) is 9.55 Å². The first-order valence-corrected chi connectivity index (χ1v) is 12.3. The average molecular weight is 459 g/mol. The van der Waals surface area contributed by atoms with Gasteiger partial charge in [0.1, 0.15) is 4.83 Å². The fraction of sp³-hybridized carbons (Fsp3) is 0.478. The molecule has 2 aliphatic rings. The smallest absolute Gasteiger partial charge is 0.268 e. The van der Waals surface area contributed by atoms with Crippen molar-refractivity contribution in [3.8, 4) is 5.69 Å². The Hall–Kier alpha value is -1.93. The molecule has 3 heterocycles. The van der Waals surface area contributed by atoms with Gasteiger partial charge in [0.15, 0.2) is 0 Å². The largest absolute Gasteiger partial charge is 0.379 e. The van der Waals surface area contributed by atoms with E-state index < -0.39 is 0 Å². The molecule has 0 atom stereocenters. The van der Waals surface area contributed by atoms with E-state index in [1.165, 1.54) is 23.3 Å². The van der Waals surface area contributed by atoms with E-state index in [9.17, 15) is 4.79 Å². The second kappa shape index (κ2) is 9.28. The monoisotopic (exact) mass is 458 g/mol. The minimum atomic E-state index is 0.000499. The van der Waals surface area contributed by atoms with Crippen molar-refractivity contribution in [3.05, 3.63) is 50.1 Å². The quantitative estimate of drug-likeness (QED) is 0.583. The molecule has 5 rings (SSSR count). The van der Waals surface area contributed by atoms with Crippen LogP contribution in [0.3, 0.4) is 0 Å². The first-order chi connectivity index (χ1) is 15.2. The Bertz CT molecular complexity index is 1140. The zero-order valence-corrected chi connectivity index (χ0v) is 19.1. The fourth-order valence-electron chi connectivity index (χ4n) is 4.51. The van der Waals surface area contributed by atoms with Gasteiger partial charge in [-0.1, -0.05) is 24.1 Å². The number of aryl methyl sites for hydroxylation is 2. The third-order valence-electron chi connectivity index (χ3n) is 6.12. The van der Waals surface area contributed by atoms with E-state index >= 15 is 0 Å². The van der Waals surface area contributed by atoms with Gasteiger partial charge >= 0.3 is 0 Å². The zero-order valence-electron chi connectivity index (χ0n) is 17.5. The Labute approximate surface area is 190 Å². The Balaban J connectivity index is 1.55. The van der Waals surface area contributed by atoms with Crippen molar-refractivity contribution in [2.75, 3.05) is 44.7 Å². The number of rotatable bonds is 5. The Morgan fingerprint density at radius 1 is 1.16 bits per heavy atom. The lowest BCUT2D eigenvalue weighted by Crippen LogP contribution is -2.39. The minimum absolute atomic E-state index is 0.000499.